The molecule has 3 heterocycles. The van der Waals surface area contributed by atoms with Crippen molar-refractivity contribution in [3.8, 4) is 17.1 Å². The number of nitrogens with one attached hydrogen (secondary N) is 1. The van der Waals surface area contributed by atoms with Crippen LogP contribution in [0.25, 0.3) is 28.0 Å². The van der Waals surface area contributed by atoms with Gasteiger partial charge < -0.3 is 16.2 Å². The van der Waals surface area contributed by atoms with Crippen LogP contribution in [0.1, 0.15) is 17.8 Å². The highest BCUT2D eigenvalue weighted by molar-refractivity contribution is 5.96. The Hall–Kier alpha value is -3.29. The van der Waals surface area contributed by atoms with E-state index in [2.05, 4.69) is 27.5 Å². The molecule has 4 rings (SSSR count). The number of pyridine rings is 2. The van der Waals surface area contributed by atoms with Crippen molar-refractivity contribution in [2.24, 2.45) is 5.73 Å². The lowest BCUT2D eigenvalue weighted by Gasteiger charge is -2.10. The summed E-state index contributed by atoms with van der Waals surface area (Å²) in [4.78, 5) is 9.31. The number of aromatic nitrogens is 4. The molecule has 29 heavy (non-hydrogen) atoms. The lowest BCUT2D eigenvalue weighted by Crippen LogP contribution is -2.03. The molecule has 148 valence electrons. The lowest BCUT2D eigenvalue weighted by molar-refractivity contribution is 0.276. The molecular weight excluding hydrogens is 364 g/mol. The zero-order valence-corrected chi connectivity index (χ0v) is 16.3. The Morgan fingerprint density at radius 2 is 1.90 bits per heavy atom. The Morgan fingerprint density at radius 1 is 1.07 bits per heavy atom. The zero-order chi connectivity index (χ0) is 20.2. The highest BCUT2D eigenvalue weighted by Crippen LogP contribution is 2.31. The normalized spacial score (nSPS) is 11.1. The van der Waals surface area contributed by atoms with Gasteiger partial charge in [0.25, 0.3) is 0 Å². The SMILES string of the molecule is CNc1cc(-c2cccc(CCCN)n2)cc2c1cnn2-c1cccc(CO)n1. The maximum absolute atomic E-state index is 9.42. The second-order valence-electron chi connectivity index (χ2n) is 6.81. The van der Waals surface area contributed by atoms with Crippen LogP contribution in [-0.4, -0.2) is 38.4 Å². The number of benzene rings is 1. The minimum Gasteiger partial charge on any atom is -0.390 e. The molecule has 4 N–H and O–H groups in total. The predicted octanol–water partition coefficient (Wildman–Crippen LogP) is 2.91. The monoisotopic (exact) mass is 388 g/mol. The van der Waals surface area contributed by atoms with Crippen LogP contribution in [0.5, 0.6) is 0 Å². The van der Waals surface area contributed by atoms with Crippen LogP contribution in [0.2, 0.25) is 0 Å². The summed E-state index contributed by atoms with van der Waals surface area (Å²) < 4.78 is 1.79. The minimum absolute atomic E-state index is 0.112. The van der Waals surface area contributed by atoms with Gasteiger partial charge in [-0.05, 0) is 55.8 Å². The van der Waals surface area contributed by atoms with Crippen molar-refractivity contribution < 1.29 is 5.11 Å². The number of aliphatic hydroxyl groups is 1. The molecule has 0 saturated heterocycles. The average molecular weight is 388 g/mol. The maximum Gasteiger partial charge on any atom is 0.154 e. The molecule has 0 radical (unpaired) electrons. The van der Waals surface area contributed by atoms with E-state index in [1.54, 1.807) is 10.7 Å². The summed E-state index contributed by atoms with van der Waals surface area (Å²) >= 11 is 0. The Labute approximate surface area is 169 Å². The zero-order valence-electron chi connectivity index (χ0n) is 16.3. The Morgan fingerprint density at radius 3 is 2.69 bits per heavy atom. The van der Waals surface area contributed by atoms with E-state index < -0.39 is 0 Å². The van der Waals surface area contributed by atoms with Crippen molar-refractivity contribution in [2.75, 3.05) is 18.9 Å². The van der Waals surface area contributed by atoms with Gasteiger partial charge in [-0.2, -0.15) is 5.10 Å². The number of rotatable bonds is 7. The van der Waals surface area contributed by atoms with Gasteiger partial charge in [-0.3, -0.25) is 4.98 Å². The molecule has 0 atom stereocenters. The van der Waals surface area contributed by atoms with Gasteiger partial charge in [-0.15, -0.1) is 0 Å². The lowest BCUT2D eigenvalue weighted by atomic mass is 10.1. The van der Waals surface area contributed by atoms with Gasteiger partial charge in [-0.25, -0.2) is 9.67 Å². The van der Waals surface area contributed by atoms with Crippen molar-refractivity contribution in [3.05, 3.63) is 66.1 Å². The summed E-state index contributed by atoms with van der Waals surface area (Å²) in [5.74, 6) is 0.662. The van der Waals surface area contributed by atoms with E-state index in [0.29, 0.717) is 18.1 Å². The molecule has 7 heteroatoms. The number of aliphatic hydroxyl groups excluding tert-OH is 1. The van der Waals surface area contributed by atoms with Gasteiger partial charge in [0.1, 0.15) is 0 Å². The molecule has 0 spiro atoms. The van der Waals surface area contributed by atoms with Gasteiger partial charge in [0.05, 0.1) is 29.7 Å². The molecule has 0 aliphatic rings. The minimum atomic E-state index is -0.112. The molecule has 4 aromatic rings. The fraction of sp³-hybridized carbons (Fsp3) is 0.227. The van der Waals surface area contributed by atoms with Crippen molar-refractivity contribution >= 4 is 16.6 Å². The van der Waals surface area contributed by atoms with E-state index in [-0.39, 0.29) is 6.61 Å². The Kier molecular flexibility index (Phi) is 5.50. The second-order valence-corrected chi connectivity index (χ2v) is 6.81. The van der Waals surface area contributed by atoms with Crippen LogP contribution < -0.4 is 11.1 Å². The number of hydrogen-bond acceptors (Lipinski definition) is 6. The van der Waals surface area contributed by atoms with Gasteiger partial charge in [0.15, 0.2) is 5.82 Å². The smallest absolute Gasteiger partial charge is 0.154 e. The van der Waals surface area contributed by atoms with Crippen molar-refractivity contribution in [2.45, 2.75) is 19.4 Å². The van der Waals surface area contributed by atoms with E-state index >= 15 is 0 Å². The molecule has 0 amide bonds. The largest absolute Gasteiger partial charge is 0.390 e. The average Bonchev–Trinajstić information content (AvgIpc) is 3.21. The molecule has 0 saturated carbocycles. The molecule has 1 aromatic carbocycles. The molecule has 0 aliphatic heterocycles. The van der Waals surface area contributed by atoms with Gasteiger partial charge >= 0.3 is 0 Å². The third kappa shape index (κ3) is 3.83. The molecule has 0 bridgehead atoms. The second kappa shape index (κ2) is 8.38. The number of hydrogen-bond donors (Lipinski definition) is 3. The first-order valence-electron chi connectivity index (χ1n) is 9.66. The first kappa shape index (κ1) is 19.0. The van der Waals surface area contributed by atoms with E-state index in [1.807, 2.05) is 43.6 Å². The van der Waals surface area contributed by atoms with Crippen LogP contribution in [0, 0.1) is 0 Å². The van der Waals surface area contributed by atoms with Crippen molar-refractivity contribution in [1.82, 2.24) is 19.7 Å². The summed E-state index contributed by atoms with van der Waals surface area (Å²) in [6.45, 7) is 0.542. The highest BCUT2D eigenvalue weighted by atomic mass is 16.3. The van der Waals surface area contributed by atoms with Crippen LogP contribution in [0.4, 0.5) is 5.69 Å². The van der Waals surface area contributed by atoms with E-state index in [4.69, 9.17) is 10.7 Å². The molecule has 0 fully saturated rings. The molecular formula is C22H24N6O. The summed E-state index contributed by atoms with van der Waals surface area (Å²) in [5, 5.41) is 18.2. The quantitative estimate of drug-likeness (QED) is 0.450. The van der Waals surface area contributed by atoms with Crippen molar-refractivity contribution in [3.63, 3.8) is 0 Å². The summed E-state index contributed by atoms with van der Waals surface area (Å²) in [6.07, 6.45) is 3.60. The third-order valence-electron chi connectivity index (χ3n) is 4.87. The predicted molar refractivity (Wildman–Crippen MR) is 115 cm³/mol. The first-order valence-corrected chi connectivity index (χ1v) is 9.66. The maximum atomic E-state index is 9.42. The summed E-state index contributed by atoms with van der Waals surface area (Å²) in [7, 11) is 1.89. The molecule has 0 aliphatic carbocycles. The number of fused-ring (bicyclic) bond motifs is 1. The topological polar surface area (TPSA) is 102 Å². The van der Waals surface area contributed by atoms with Crippen LogP contribution in [-0.2, 0) is 13.0 Å². The number of nitrogens with two attached hydrogens (primary N) is 1. The van der Waals surface area contributed by atoms with E-state index in [1.165, 1.54) is 0 Å². The van der Waals surface area contributed by atoms with Crippen LogP contribution in [0.15, 0.2) is 54.7 Å². The summed E-state index contributed by atoms with van der Waals surface area (Å²) in [5.41, 5.74) is 11.1. The van der Waals surface area contributed by atoms with Crippen molar-refractivity contribution in [1.29, 1.82) is 0 Å². The Balaban J connectivity index is 1.84. The van der Waals surface area contributed by atoms with Gasteiger partial charge in [0, 0.05) is 29.4 Å². The fourth-order valence-corrected chi connectivity index (χ4v) is 3.40. The molecule has 0 unspecified atom stereocenters. The first-order chi connectivity index (χ1) is 14.2. The fourth-order valence-electron chi connectivity index (χ4n) is 3.40. The highest BCUT2D eigenvalue weighted by Gasteiger charge is 2.13. The number of aryl methyl sites for hydroxylation is 1. The van der Waals surface area contributed by atoms with E-state index in [0.717, 1.165) is 46.4 Å². The summed E-state index contributed by atoms with van der Waals surface area (Å²) in [6, 6.07) is 15.8. The van der Waals surface area contributed by atoms with Crippen LogP contribution >= 0.6 is 0 Å². The van der Waals surface area contributed by atoms with Gasteiger partial charge in [-0.1, -0.05) is 12.1 Å². The number of anilines is 1. The van der Waals surface area contributed by atoms with Gasteiger partial charge in [0.2, 0.25) is 0 Å². The third-order valence-corrected chi connectivity index (χ3v) is 4.87. The number of nitrogens with zero attached hydrogens (tertiary/aromatic N) is 4. The molecule has 7 nitrogen and oxygen atoms in total. The standard InChI is InChI=1S/C22H24N6O/c1-24-20-11-15(19-8-2-5-16(26-19)7-4-10-23)12-21-18(20)13-25-28(21)22-9-3-6-17(14-29)27-22/h2-3,5-6,8-9,11-13,24,29H,4,7,10,14,23H2,1H3. The molecule has 3 aromatic heterocycles. The Bertz CT molecular complexity index is 1140. The van der Waals surface area contributed by atoms with E-state index in [9.17, 15) is 5.11 Å². The van der Waals surface area contributed by atoms with Crippen LogP contribution in [0.3, 0.4) is 0 Å².